The third-order valence-electron chi connectivity index (χ3n) is 6.38. The first-order valence-corrected chi connectivity index (χ1v) is 13.3. The van der Waals surface area contributed by atoms with E-state index < -0.39 is 18.0 Å². The highest BCUT2D eigenvalue weighted by molar-refractivity contribution is 9.10. The molecule has 2 N–H and O–H groups in total. The van der Waals surface area contributed by atoms with Crippen LogP contribution in [-0.2, 0) is 0 Å². The van der Waals surface area contributed by atoms with Crippen LogP contribution in [0.25, 0.3) is 21.5 Å². The van der Waals surface area contributed by atoms with Crippen LogP contribution in [0, 0.1) is 0 Å². The molecule has 0 aromatic heterocycles. The second-order valence-electron chi connectivity index (χ2n) is 9.39. The Labute approximate surface area is 241 Å². The van der Waals surface area contributed by atoms with Crippen molar-refractivity contribution < 1.29 is 27.5 Å². The number of hydrogen-bond acceptors (Lipinski definition) is 5. The fourth-order valence-electron chi connectivity index (χ4n) is 4.69. The fraction of sp³-hybridized carbons (Fsp3) is 0.179. The van der Waals surface area contributed by atoms with Crippen molar-refractivity contribution in [3.8, 4) is 5.75 Å². The number of halogens is 4. The zero-order chi connectivity index (χ0) is 28.8. The van der Waals surface area contributed by atoms with E-state index in [2.05, 4.69) is 31.3 Å². The summed E-state index contributed by atoms with van der Waals surface area (Å²) in [6.45, 7) is 0.695. The molecule has 4 aromatic rings. The van der Waals surface area contributed by atoms with E-state index in [0.717, 1.165) is 10.8 Å². The van der Waals surface area contributed by atoms with Crippen molar-refractivity contribution in [1.82, 2.24) is 9.80 Å². The first kappa shape index (κ1) is 27.8. The average molecular weight is 631 g/mol. The highest BCUT2D eigenvalue weighted by atomic mass is 79.9. The van der Waals surface area contributed by atoms with Crippen molar-refractivity contribution in [1.29, 1.82) is 0 Å². The van der Waals surface area contributed by atoms with Crippen LogP contribution >= 0.6 is 28.1 Å². The first-order chi connectivity index (χ1) is 18.9. The van der Waals surface area contributed by atoms with Crippen molar-refractivity contribution >= 4 is 78.0 Å². The maximum Gasteiger partial charge on any atom is 0.573 e. The molecule has 0 bridgehead atoms. The van der Waals surface area contributed by atoms with E-state index in [-0.39, 0.29) is 23.3 Å². The SMILES string of the molecule is CN(C)CCN1C(=O)c2cccc3cc4cccc(NC(=S)Nc5ccc(Br)cc5OC(F)(F)F)c4c(c23)C1=O. The van der Waals surface area contributed by atoms with Gasteiger partial charge in [-0.25, -0.2) is 0 Å². The number of nitrogens with one attached hydrogen (secondary N) is 2. The highest BCUT2D eigenvalue weighted by Gasteiger charge is 2.35. The van der Waals surface area contributed by atoms with Gasteiger partial charge in [-0.1, -0.05) is 40.2 Å². The molecule has 12 heteroatoms. The largest absolute Gasteiger partial charge is 0.573 e. The Bertz CT molecular complexity index is 1690. The molecule has 5 rings (SSSR count). The number of ether oxygens (including phenoxy) is 1. The number of benzene rings is 4. The minimum absolute atomic E-state index is 0.0103. The normalized spacial score (nSPS) is 13.3. The van der Waals surface area contributed by atoms with E-state index in [0.29, 0.717) is 38.6 Å². The van der Waals surface area contributed by atoms with Gasteiger partial charge in [-0.2, -0.15) is 0 Å². The molecule has 1 aliphatic rings. The zero-order valence-electron chi connectivity index (χ0n) is 21.2. The number of hydrogen-bond donors (Lipinski definition) is 2. The molecule has 1 aliphatic heterocycles. The number of carbonyl (C=O) groups excluding carboxylic acids is 2. The number of fused-ring (bicyclic) bond motifs is 2. The Kier molecular flexibility index (Phi) is 7.42. The average Bonchev–Trinajstić information content (AvgIpc) is 2.87. The Morgan fingerprint density at radius 3 is 2.33 bits per heavy atom. The standard InChI is InChI=1S/C28H22BrF3N4O3S/c1-35(2)11-12-36-25(37)18-7-3-5-15-13-16-6-4-8-20(23(16)24(22(15)18)26(36)38)34-27(40)33-19-10-9-17(29)14-21(19)39-28(30,31)32/h3-10,13-14H,11-12H2,1-2H3,(H2,33,34,40). The highest BCUT2D eigenvalue weighted by Crippen LogP contribution is 2.39. The van der Waals surface area contributed by atoms with Crippen molar-refractivity contribution in [2.45, 2.75) is 6.36 Å². The molecule has 0 saturated heterocycles. The molecular weight excluding hydrogens is 609 g/mol. The topological polar surface area (TPSA) is 73.9 Å². The molecule has 4 aromatic carbocycles. The molecule has 0 atom stereocenters. The second kappa shape index (κ2) is 10.7. The molecule has 0 saturated carbocycles. The lowest BCUT2D eigenvalue weighted by atomic mass is 9.89. The van der Waals surface area contributed by atoms with Gasteiger partial charge in [0.15, 0.2) is 10.9 Å². The molecule has 0 unspecified atom stereocenters. The Morgan fingerprint density at radius 2 is 1.62 bits per heavy atom. The molecule has 1 heterocycles. The van der Waals surface area contributed by atoms with E-state index in [1.165, 1.54) is 17.0 Å². The molecule has 206 valence electrons. The van der Waals surface area contributed by atoms with Crippen LogP contribution in [0.5, 0.6) is 5.75 Å². The lowest BCUT2D eigenvalue weighted by Crippen LogP contribution is -2.43. The predicted molar refractivity (Wildman–Crippen MR) is 156 cm³/mol. The van der Waals surface area contributed by atoms with E-state index in [9.17, 15) is 22.8 Å². The maximum atomic E-state index is 13.9. The zero-order valence-corrected chi connectivity index (χ0v) is 23.6. The van der Waals surface area contributed by atoms with Crippen molar-refractivity contribution in [3.63, 3.8) is 0 Å². The molecule has 0 fully saturated rings. The van der Waals surface area contributed by atoms with Crippen LogP contribution in [0.4, 0.5) is 24.5 Å². The van der Waals surface area contributed by atoms with Gasteiger partial charge in [0.05, 0.1) is 11.3 Å². The molecule has 2 amide bonds. The number of nitrogens with zero attached hydrogens (tertiary/aromatic N) is 2. The third-order valence-corrected chi connectivity index (χ3v) is 7.07. The van der Waals surface area contributed by atoms with Crippen LogP contribution in [0.3, 0.4) is 0 Å². The summed E-state index contributed by atoms with van der Waals surface area (Å²) >= 11 is 8.59. The summed E-state index contributed by atoms with van der Waals surface area (Å²) in [6, 6.07) is 16.7. The van der Waals surface area contributed by atoms with Gasteiger partial charge in [0.1, 0.15) is 0 Å². The molecule has 0 aliphatic carbocycles. The predicted octanol–water partition coefficient (Wildman–Crippen LogP) is 6.62. The van der Waals surface area contributed by atoms with Crippen molar-refractivity contribution in [3.05, 3.63) is 76.3 Å². The number of alkyl halides is 3. The van der Waals surface area contributed by atoms with Gasteiger partial charge in [-0.3, -0.25) is 14.5 Å². The number of rotatable bonds is 6. The monoisotopic (exact) mass is 630 g/mol. The Balaban J connectivity index is 1.57. The molecule has 0 spiro atoms. The van der Waals surface area contributed by atoms with Crippen LogP contribution in [0.2, 0.25) is 0 Å². The maximum absolute atomic E-state index is 13.9. The van der Waals surface area contributed by atoms with Gasteiger partial charge in [-0.15, -0.1) is 13.2 Å². The first-order valence-electron chi connectivity index (χ1n) is 12.1. The molecular formula is C28H22BrF3N4O3S. The summed E-state index contributed by atoms with van der Waals surface area (Å²) in [5, 5.41) is 8.32. The molecule has 40 heavy (non-hydrogen) atoms. The quantitative estimate of drug-likeness (QED) is 0.141. The van der Waals surface area contributed by atoms with Crippen LogP contribution in [-0.4, -0.2) is 60.3 Å². The summed E-state index contributed by atoms with van der Waals surface area (Å²) in [5.74, 6) is -1.26. The number of thiocarbonyl (C=S) groups is 1. The van der Waals surface area contributed by atoms with Gasteiger partial charge in [0.2, 0.25) is 0 Å². The molecule has 0 radical (unpaired) electrons. The van der Waals surface area contributed by atoms with E-state index >= 15 is 0 Å². The number of carbonyl (C=O) groups is 2. The smallest absolute Gasteiger partial charge is 0.404 e. The summed E-state index contributed by atoms with van der Waals surface area (Å²) < 4.78 is 43.5. The van der Waals surface area contributed by atoms with Gasteiger partial charge in [-0.05, 0) is 73.5 Å². The minimum atomic E-state index is -4.90. The van der Waals surface area contributed by atoms with Crippen molar-refractivity contribution in [2.75, 3.05) is 37.8 Å². The van der Waals surface area contributed by atoms with E-state index in [1.54, 1.807) is 30.3 Å². The lowest BCUT2D eigenvalue weighted by molar-refractivity contribution is -0.274. The summed E-state index contributed by atoms with van der Waals surface area (Å²) in [7, 11) is 3.71. The summed E-state index contributed by atoms with van der Waals surface area (Å²) in [5.41, 5.74) is 1.22. The van der Waals surface area contributed by atoms with E-state index in [4.69, 9.17) is 12.2 Å². The van der Waals surface area contributed by atoms with Crippen LogP contribution < -0.4 is 15.4 Å². The Morgan fingerprint density at radius 1 is 0.950 bits per heavy atom. The van der Waals surface area contributed by atoms with E-state index in [1.807, 2.05) is 37.2 Å². The van der Waals surface area contributed by atoms with Gasteiger partial charge >= 0.3 is 6.36 Å². The van der Waals surface area contributed by atoms with Crippen molar-refractivity contribution in [2.24, 2.45) is 0 Å². The summed E-state index contributed by atoms with van der Waals surface area (Å²) in [4.78, 5) is 30.3. The number of imide groups is 1. The van der Waals surface area contributed by atoms with Crippen LogP contribution in [0.1, 0.15) is 20.7 Å². The van der Waals surface area contributed by atoms with Gasteiger partial charge in [0.25, 0.3) is 11.8 Å². The number of anilines is 2. The molecule has 7 nitrogen and oxygen atoms in total. The Hall–Kier alpha value is -3.74. The van der Waals surface area contributed by atoms with Gasteiger partial charge in [0, 0.05) is 39.6 Å². The number of likely N-dealkylation sites (N-methyl/N-ethyl adjacent to an activating group) is 1. The lowest BCUT2D eigenvalue weighted by Gasteiger charge is -2.29. The summed E-state index contributed by atoms with van der Waals surface area (Å²) in [6.07, 6.45) is -4.90. The minimum Gasteiger partial charge on any atom is -0.404 e. The number of amides is 2. The third kappa shape index (κ3) is 5.47. The van der Waals surface area contributed by atoms with Crippen LogP contribution in [0.15, 0.2) is 65.1 Å². The van der Waals surface area contributed by atoms with Gasteiger partial charge < -0.3 is 20.3 Å². The second-order valence-corrected chi connectivity index (χ2v) is 10.7. The fourth-order valence-corrected chi connectivity index (χ4v) is 5.25.